The van der Waals surface area contributed by atoms with Crippen LogP contribution in [-0.4, -0.2) is 77.3 Å². The molecule has 8 heteroatoms. The second kappa shape index (κ2) is 12.4. The lowest BCUT2D eigenvalue weighted by atomic mass is 10.00. The maximum atomic E-state index is 13.4. The number of pyridine rings is 1. The van der Waals surface area contributed by atoms with Gasteiger partial charge in [0, 0.05) is 44.2 Å². The lowest BCUT2D eigenvalue weighted by Gasteiger charge is -2.37. The Kier molecular flexibility index (Phi) is 9.98. The van der Waals surface area contributed by atoms with Crippen molar-refractivity contribution in [2.24, 2.45) is 11.8 Å². The molecule has 1 aromatic heterocycles. The van der Waals surface area contributed by atoms with Crippen molar-refractivity contribution in [3.8, 4) is 17.7 Å². The van der Waals surface area contributed by atoms with Crippen molar-refractivity contribution in [3.05, 3.63) is 23.4 Å². The zero-order valence-electron chi connectivity index (χ0n) is 20.7. The molecule has 182 valence electrons. The molecule has 0 aromatic carbocycles. The van der Waals surface area contributed by atoms with Crippen LogP contribution in [0.5, 0.6) is 5.88 Å². The first-order valence-corrected chi connectivity index (χ1v) is 11.7. The molecule has 8 nitrogen and oxygen atoms in total. The van der Waals surface area contributed by atoms with Crippen LogP contribution >= 0.6 is 0 Å². The van der Waals surface area contributed by atoms with Crippen LogP contribution in [0.2, 0.25) is 0 Å². The number of carbonyl (C=O) groups excluding carboxylic acids is 2. The van der Waals surface area contributed by atoms with E-state index in [1.54, 1.807) is 29.1 Å². The van der Waals surface area contributed by atoms with Crippen LogP contribution in [0.1, 0.15) is 63.4 Å². The molecule has 1 aliphatic rings. The number of aliphatic hydroxyl groups is 1. The summed E-state index contributed by atoms with van der Waals surface area (Å²) in [4.78, 5) is 33.4. The van der Waals surface area contributed by atoms with Gasteiger partial charge in [-0.25, -0.2) is 9.78 Å². The van der Waals surface area contributed by atoms with Gasteiger partial charge in [-0.05, 0) is 25.3 Å². The molecule has 0 aliphatic carbocycles. The van der Waals surface area contributed by atoms with Gasteiger partial charge in [0.25, 0.3) is 5.91 Å². The monoisotopic (exact) mass is 458 g/mol. The number of ether oxygens (including phenoxy) is 1. The fraction of sp³-hybridized carbons (Fsp3) is 0.640. The van der Waals surface area contributed by atoms with Crippen LogP contribution in [0.15, 0.2) is 12.3 Å². The summed E-state index contributed by atoms with van der Waals surface area (Å²) in [6.45, 7) is 11.2. The van der Waals surface area contributed by atoms with E-state index in [2.05, 4.69) is 36.0 Å². The van der Waals surface area contributed by atoms with Gasteiger partial charge in [0.1, 0.15) is 11.7 Å². The zero-order valence-corrected chi connectivity index (χ0v) is 20.7. The van der Waals surface area contributed by atoms with Gasteiger partial charge in [0.05, 0.1) is 19.2 Å². The van der Waals surface area contributed by atoms with Crippen molar-refractivity contribution in [2.45, 2.75) is 59.6 Å². The number of nitrogens with zero attached hydrogens (tertiary/aromatic N) is 3. The third-order valence-electron chi connectivity index (χ3n) is 5.59. The van der Waals surface area contributed by atoms with Crippen LogP contribution in [-0.2, 0) is 0 Å². The quantitative estimate of drug-likeness (QED) is 0.613. The minimum atomic E-state index is -0.381. The molecule has 2 N–H and O–H groups in total. The minimum absolute atomic E-state index is 0.0927. The Bertz CT molecular complexity index is 877. The molecule has 1 aromatic rings. The number of likely N-dealkylation sites (N-methyl/N-ethyl adjacent to an activating group) is 1. The van der Waals surface area contributed by atoms with Crippen LogP contribution < -0.4 is 10.1 Å². The van der Waals surface area contributed by atoms with E-state index in [0.717, 1.165) is 12.8 Å². The van der Waals surface area contributed by atoms with E-state index in [1.807, 2.05) is 20.8 Å². The number of aliphatic hydroxyl groups excluding tert-OH is 1. The molecule has 33 heavy (non-hydrogen) atoms. The number of aromatic nitrogens is 1. The van der Waals surface area contributed by atoms with Crippen molar-refractivity contribution < 1.29 is 19.4 Å². The molecular weight excluding hydrogens is 420 g/mol. The van der Waals surface area contributed by atoms with E-state index in [0.29, 0.717) is 36.7 Å². The van der Waals surface area contributed by atoms with Gasteiger partial charge in [0.2, 0.25) is 5.88 Å². The number of hydrogen-bond acceptors (Lipinski definition) is 5. The average molecular weight is 459 g/mol. The van der Waals surface area contributed by atoms with E-state index in [4.69, 9.17) is 4.74 Å². The standard InChI is InChI=1S/C25H38N4O4/c1-7-11-26-25(32)28(6)15-22-18(4)14-29(19(5)16-30)24(31)21-12-20(10-8-9-17(2)3)13-27-23(21)33-22/h12-13,17-19,22,30H,7,9,11,14-16H2,1-6H3,(H,26,32)/t18-,19+,22-/m1/s1. The van der Waals surface area contributed by atoms with Gasteiger partial charge in [-0.3, -0.25) is 4.79 Å². The van der Waals surface area contributed by atoms with Gasteiger partial charge in [-0.15, -0.1) is 0 Å². The number of urea groups is 1. The fourth-order valence-electron chi connectivity index (χ4n) is 3.47. The highest BCUT2D eigenvalue weighted by molar-refractivity contribution is 5.97. The number of carbonyl (C=O) groups is 2. The maximum absolute atomic E-state index is 13.4. The Hall–Kier alpha value is -2.79. The summed E-state index contributed by atoms with van der Waals surface area (Å²) >= 11 is 0. The molecule has 2 rings (SSSR count). The summed E-state index contributed by atoms with van der Waals surface area (Å²) in [5.41, 5.74) is 0.964. The topological polar surface area (TPSA) is 95.0 Å². The zero-order chi connectivity index (χ0) is 24.5. The summed E-state index contributed by atoms with van der Waals surface area (Å²) in [6.07, 6.45) is 2.83. The number of fused-ring (bicyclic) bond motifs is 1. The predicted octanol–water partition coefficient (Wildman–Crippen LogP) is 2.75. The molecule has 0 radical (unpaired) electrons. The molecule has 0 saturated heterocycles. The van der Waals surface area contributed by atoms with Crippen molar-refractivity contribution in [1.82, 2.24) is 20.1 Å². The van der Waals surface area contributed by atoms with Gasteiger partial charge in [-0.2, -0.15) is 0 Å². The predicted molar refractivity (Wildman–Crippen MR) is 128 cm³/mol. The van der Waals surface area contributed by atoms with Gasteiger partial charge >= 0.3 is 6.03 Å². The first-order valence-electron chi connectivity index (χ1n) is 11.7. The second-order valence-electron chi connectivity index (χ2n) is 9.21. The number of nitrogens with one attached hydrogen (secondary N) is 1. The summed E-state index contributed by atoms with van der Waals surface area (Å²) in [5.74, 6) is 6.54. The van der Waals surface area contributed by atoms with Gasteiger partial charge in [0.15, 0.2) is 0 Å². The highest BCUT2D eigenvalue weighted by Gasteiger charge is 2.34. The molecule has 0 saturated carbocycles. The molecular formula is C25H38N4O4. The van der Waals surface area contributed by atoms with Gasteiger partial charge in [-0.1, -0.05) is 39.5 Å². The molecule has 0 spiro atoms. The van der Waals surface area contributed by atoms with E-state index in [9.17, 15) is 14.7 Å². The molecule has 0 fully saturated rings. The van der Waals surface area contributed by atoms with Crippen LogP contribution in [0.4, 0.5) is 4.79 Å². The van der Waals surface area contributed by atoms with Gasteiger partial charge < -0.3 is 25.0 Å². The third kappa shape index (κ3) is 7.36. The molecule has 0 bridgehead atoms. The summed E-state index contributed by atoms with van der Waals surface area (Å²) in [6, 6.07) is 1.17. The Morgan fingerprint density at radius 3 is 2.79 bits per heavy atom. The highest BCUT2D eigenvalue weighted by Crippen LogP contribution is 2.27. The van der Waals surface area contributed by atoms with E-state index in [-0.39, 0.29) is 42.5 Å². The Morgan fingerprint density at radius 2 is 2.15 bits per heavy atom. The first kappa shape index (κ1) is 26.5. The van der Waals surface area contributed by atoms with Crippen molar-refractivity contribution in [3.63, 3.8) is 0 Å². The molecule has 2 heterocycles. The first-order chi connectivity index (χ1) is 15.7. The molecule has 3 amide bonds. The number of amides is 3. The van der Waals surface area contributed by atoms with E-state index in [1.165, 1.54) is 0 Å². The Labute approximate surface area is 197 Å². The van der Waals surface area contributed by atoms with Crippen LogP contribution in [0.25, 0.3) is 0 Å². The van der Waals surface area contributed by atoms with Crippen molar-refractivity contribution in [1.29, 1.82) is 0 Å². The van der Waals surface area contributed by atoms with Crippen LogP contribution in [0.3, 0.4) is 0 Å². The minimum Gasteiger partial charge on any atom is -0.472 e. The second-order valence-corrected chi connectivity index (χ2v) is 9.21. The average Bonchev–Trinajstić information content (AvgIpc) is 2.79. The van der Waals surface area contributed by atoms with E-state index < -0.39 is 0 Å². The largest absolute Gasteiger partial charge is 0.472 e. The maximum Gasteiger partial charge on any atom is 0.317 e. The SMILES string of the molecule is CCCNC(=O)N(C)C[C@H]1Oc2ncc(C#CCC(C)C)cc2C(=O)N([C@@H](C)CO)C[C@H]1C. The Morgan fingerprint density at radius 1 is 1.42 bits per heavy atom. The molecule has 3 atom stereocenters. The van der Waals surface area contributed by atoms with Crippen LogP contribution in [0, 0.1) is 23.7 Å². The number of hydrogen-bond donors (Lipinski definition) is 2. The summed E-state index contributed by atoms with van der Waals surface area (Å²) < 4.78 is 6.21. The van der Waals surface area contributed by atoms with Crippen molar-refractivity contribution >= 4 is 11.9 Å². The fourth-order valence-corrected chi connectivity index (χ4v) is 3.47. The smallest absolute Gasteiger partial charge is 0.317 e. The highest BCUT2D eigenvalue weighted by atomic mass is 16.5. The summed E-state index contributed by atoms with van der Waals surface area (Å²) in [5, 5.41) is 12.6. The molecule has 1 aliphatic heterocycles. The lowest BCUT2D eigenvalue weighted by molar-refractivity contribution is 0.0352. The number of rotatable bonds is 7. The van der Waals surface area contributed by atoms with Crippen molar-refractivity contribution in [2.75, 3.05) is 33.3 Å². The summed E-state index contributed by atoms with van der Waals surface area (Å²) in [7, 11) is 1.72. The third-order valence-corrected chi connectivity index (χ3v) is 5.59. The Balaban J connectivity index is 2.38. The lowest BCUT2D eigenvalue weighted by Crippen LogP contribution is -2.51. The normalized spacial score (nSPS) is 18.9. The van der Waals surface area contributed by atoms with E-state index >= 15 is 0 Å². The molecule has 0 unspecified atom stereocenters.